The maximum Gasteiger partial charge on any atom is 0.255 e. The van der Waals surface area contributed by atoms with Crippen molar-refractivity contribution < 1.29 is 14.1 Å². The summed E-state index contributed by atoms with van der Waals surface area (Å²) in [6.07, 6.45) is 2.90. The zero-order chi connectivity index (χ0) is 21.4. The Hall–Kier alpha value is -2.32. The predicted molar refractivity (Wildman–Crippen MR) is 117 cm³/mol. The molecule has 2 heterocycles. The minimum absolute atomic E-state index is 0.182. The summed E-state index contributed by atoms with van der Waals surface area (Å²) in [6.45, 7) is 1.91. The highest BCUT2D eigenvalue weighted by molar-refractivity contribution is 7.84. The number of hydrogen-bond acceptors (Lipinski definition) is 5. The fourth-order valence-electron chi connectivity index (χ4n) is 4.36. The second-order valence-electron chi connectivity index (χ2n) is 7.89. The predicted octanol–water partition coefficient (Wildman–Crippen LogP) is 2.44. The van der Waals surface area contributed by atoms with Crippen LogP contribution in [-0.4, -0.2) is 61.0 Å². The zero-order valence-corrected chi connectivity index (χ0v) is 18.1. The third-order valence-electron chi connectivity index (χ3n) is 5.86. The molecule has 0 spiro atoms. The van der Waals surface area contributed by atoms with Gasteiger partial charge in [0.2, 0.25) is 0 Å². The molecule has 0 aromatic heterocycles. The second-order valence-corrected chi connectivity index (χ2v) is 9.38. The van der Waals surface area contributed by atoms with Crippen LogP contribution in [0.3, 0.4) is 0 Å². The van der Waals surface area contributed by atoms with Crippen LogP contribution in [-0.2, 0) is 15.8 Å². The Bertz CT molecular complexity index is 951. The van der Waals surface area contributed by atoms with Gasteiger partial charge in [-0.2, -0.15) is 0 Å². The van der Waals surface area contributed by atoms with Crippen molar-refractivity contribution in [1.82, 2.24) is 14.3 Å². The lowest BCUT2D eigenvalue weighted by Crippen LogP contribution is -2.59. The molecule has 6 nitrogen and oxygen atoms in total. The van der Waals surface area contributed by atoms with Crippen molar-refractivity contribution in [3.8, 4) is 0 Å². The number of rotatable bonds is 5. The average molecular weight is 426 g/mol. The molecule has 158 valence electrons. The topological polar surface area (TPSA) is 64.1 Å². The van der Waals surface area contributed by atoms with Gasteiger partial charge in [0.1, 0.15) is 17.0 Å². The largest absolute Gasteiger partial charge is 0.386 e. The van der Waals surface area contributed by atoms with E-state index in [1.54, 1.807) is 0 Å². The van der Waals surface area contributed by atoms with E-state index in [0.717, 1.165) is 11.1 Å². The number of aliphatic hydroxyl groups excluding tert-OH is 1. The molecular weight excluding hydrogens is 398 g/mol. The first-order valence-corrected chi connectivity index (χ1v) is 11.2. The van der Waals surface area contributed by atoms with Gasteiger partial charge >= 0.3 is 0 Å². The molecule has 1 fully saturated rings. The molecule has 4 rings (SSSR count). The van der Waals surface area contributed by atoms with Gasteiger partial charge < -0.3 is 5.11 Å². The van der Waals surface area contributed by atoms with E-state index in [2.05, 4.69) is 0 Å². The number of carbonyl (C=O) groups excluding carboxylic acids is 1. The molecule has 0 aliphatic carbocycles. The fourth-order valence-corrected chi connectivity index (χ4v) is 6.03. The van der Waals surface area contributed by atoms with Crippen LogP contribution in [0, 0.1) is 0 Å². The number of nitrogens with zero attached hydrogens (tertiary/aromatic N) is 3. The van der Waals surface area contributed by atoms with Gasteiger partial charge in [0.25, 0.3) is 5.91 Å². The third-order valence-corrected chi connectivity index (χ3v) is 7.62. The van der Waals surface area contributed by atoms with Gasteiger partial charge in [-0.1, -0.05) is 72.8 Å². The van der Waals surface area contributed by atoms with Gasteiger partial charge in [0.05, 0.1) is 23.4 Å². The van der Waals surface area contributed by atoms with E-state index in [4.69, 9.17) is 0 Å². The summed E-state index contributed by atoms with van der Waals surface area (Å²) in [5.41, 5.74) is 1.72. The van der Waals surface area contributed by atoms with Crippen molar-refractivity contribution in [2.24, 2.45) is 0 Å². The molecule has 6 atom stereocenters. The molecule has 1 amide bonds. The van der Waals surface area contributed by atoms with Crippen molar-refractivity contribution in [1.29, 1.82) is 0 Å². The standard InChI is InChI=1S/C23H27N3O3S/c1-16(17-10-6-4-7-11-17)26-23(28)21-20(30(26)29)15-14-19(25(21)24(2)3)22(27)18-12-8-5-9-13-18/h4-16,19-22,27H,1-3H3/t16-,19+,20+,21-,22+,30?/m1/s1. The number of fused-ring (bicyclic) bond motifs is 1. The van der Waals surface area contributed by atoms with E-state index < -0.39 is 34.4 Å². The molecule has 0 saturated carbocycles. The van der Waals surface area contributed by atoms with Crippen LogP contribution in [0.1, 0.15) is 30.2 Å². The molecule has 2 aromatic carbocycles. The summed E-state index contributed by atoms with van der Waals surface area (Å²) in [6, 6.07) is 17.7. The Morgan fingerprint density at radius 2 is 1.53 bits per heavy atom. The maximum absolute atomic E-state index is 13.5. The Balaban J connectivity index is 1.68. The van der Waals surface area contributed by atoms with Crippen molar-refractivity contribution in [3.05, 3.63) is 83.9 Å². The quantitative estimate of drug-likeness (QED) is 0.746. The summed E-state index contributed by atoms with van der Waals surface area (Å²) in [7, 11) is 2.19. The number of hydrogen-bond donors (Lipinski definition) is 1. The number of amides is 1. The van der Waals surface area contributed by atoms with Crippen LogP contribution >= 0.6 is 0 Å². The van der Waals surface area contributed by atoms with Gasteiger partial charge in [0.15, 0.2) is 0 Å². The van der Waals surface area contributed by atoms with E-state index in [-0.39, 0.29) is 11.9 Å². The van der Waals surface area contributed by atoms with Gasteiger partial charge in [-0.3, -0.25) is 9.10 Å². The van der Waals surface area contributed by atoms with Crippen LogP contribution in [0.4, 0.5) is 0 Å². The van der Waals surface area contributed by atoms with E-state index in [0.29, 0.717) is 0 Å². The second kappa shape index (κ2) is 8.43. The molecule has 1 N–H and O–H groups in total. The van der Waals surface area contributed by atoms with Gasteiger partial charge in [-0.05, 0) is 18.1 Å². The molecule has 7 heteroatoms. The Kier molecular flexibility index (Phi) is 5.88. The SMILES string of the molecule is C[C@H](c1ccccc1)N1C(=O)[C@H]2[C@H](C=C[C@@H]([C@@H](O)c3ccccc3)N2N(C)C)S1=O. The zero-order valence-electron chi connectivity index (χ0n) is 17.3. The Morgan fingerprint density at radius 1 is 0.967 bits per heavy atom. The normalized spacial score (nSPS) is 28.6. The summed E-state index contributed by atoms with van der Waals surface area (Å²) in [4.78, 5) is 13.5. The number of hydrazine groups is 1. The van der Waals surface area contributed by atoms with Crippen LogP contribution in [0.5, 0.6) is 0 Å². The molecule has 2 aliphatic rings. The van der Waals surface area contributed by atoms with Crippen LogP contribution in [0.2, 0.25) is 0 Å². The number of carbonyl (C=O) groups is 1. The summed E-state index contributed by atoms with van der Waals surface area (Å²) in [5, 5.41) is 14.3. The average Bonchev–Trinajstić information content (AvgIpc) is 3.03. The van der Waals surface area contributed by atoms with Crippen molar-refractivity contribution in [2.75, 3.05) is 14.1 Å². The van der Waals surface area contributed by atoms with Crippen LogP contribution < -0.4 is 0 Å². The first-order chi connectivity index (χ1) is 14.4. The smallest absolute Gasteiger partial charge is 0.255 e. The fraction of sp³-hybridized carbons (Fsp3) is 0.348. The molecule has 2 aliphatic heterocycles. The van der Waals surface area contributed by atoms with E-state index in [1.807, 2.05) is 104 Å². The molecule has 1 saturated heterocycles. The van der Waals surface area contributed by atoms with Crippen molar-refractivity contribution in [2.45, 2.75) is 36.4 Å². The lowest BCUT2D eigenvalue weighted by atomic mass is 9.95. The van der Waals surface area contributed by atoms with Gasteiger partial charge in [-0.25, -0.2) is 14.2 Å². The molecular formula is C23H27N3O3S. The van der Waals surface area contributed by atoms with E-state index in [9.17, 15) is 14.1 Å². The molecule has 0 bridgehead atoms. The van der Waals surface area contributed by atoms with E-state index >= 15 is 0 Å². The van der Waals surface area contributed by atoms with E-state index in [1.165, 1.54) is 4.31 Å². The monoisotopic (exact) mass is 425 g/mol. The van der Waals surface area contributed by atoms with Gasteiger partial charge in [-0.15, -0.1) is 0 Å². The minimum Gasteiger partial charge on any atom is -0.386 e. The molecule has 1 unspecified atom stereocenters. The van der Waals surface area contributed by atoms with Crippen molar-refractivity contribution >= 4 is 16.9 Å². The summed E-state index contributed by atoms with van der Waals surface area (Å²) >= 11 is 0. The van der Waals surface area contributed by atoms with Gasteiger partial charge in [0, 0.05) is 14.1 Å². The summed E-state index contributed by atoms with van der Waals surface area (Å²) < 4.78 is 14.8. The minimum atomic E-state index is -1.50. The highest BCUT2D eigenvalue weighted by Crippen LogP contribution is 2.38. The lowest BCUT2D eigenvalue weighted by molar-refractivity contribution is -0.144. The Labute approximate surface area is 180 Å². The first-order valence-electron chi connectivity index (χ1n) is 10.1. The first kappa shape index (κ1) is 20.9. The highest BCUT2D eigenvalue weighted by Gasteiger charge is 2.54. The highest BCUT2D eigenvalue weighted by atomic mass is 32.2. The van der Waals surface area contributed by atoms with Crippen LogP contribution in [0.25, 0.3) is 0 Å². The molecule has 0 radical (unpaired) electrons. The number of aliphatic hydroxyl groups is 1. The molecule has 2 aromatic rings. The third kappa shape index (κ3) is 3.52. The summed E-state index contributed by atoms with van der Waals surface area (Å²) in [5.74, 6) is -0.182. The van der Waals surface area contributed by atoms with Crippen molar-refractivity contribution in [3.63, 3.8) is 0 Å². The Morgan fingerprint density at radius 3 is 2.10 bits per heavy atom. The maximum atomic E-state index is 13.5. The lowest BCUT2D eigenvalue weighted by Gasteiger charge is -2.43. The number of benzene rings is 2. The van der Waals surface area contributed by atoms with Crippen LogP contribution in [0.15, 0.2) is 72.8 Å². The molecule has 30 heavy (non-hydrogen) atoms.